The number of para-hydroxylation sites is 1. The van der Waals surface area contributed by atoms with E-state index in [0.29, 0.717) is 26.9 Å². The number of hydrogen-bond donors (Lipinski definition) is 0. The molecule has 5 nitrogen and oxygen atoms in total. The molecule has 324 valence electrons. The summed E-state index contributed by atoms with van der Waals surface area (Å²) in [5.74, 6) is 3.76. The Balaban J connectivity index is 1.08. The van der Waals surface area contributed by atoms with Gasteiger partial charge < -0.3 is 4.74 Å². The zero-order valence-corrected chi connectivity index (χ0v) is 39.8. The van der Waals surface area contributed by atoms with E-state index < -0.39 is 0 Å². The van der Waals surface area contributed by atoms with Crippen LogP contribution in [-0.2, 0) is 10.8 Å². The molecule has 0 aliphatic carbocycles. The van der Waals surface area contributed by atoms with Gasteiger partial charge in [0, 0.05) is 59.4 Å². The summed E-state index contributed by atoms with van der Waals surface area (Å²) in [6.07, 6.45) is 1.93. The summed E-state index contributed by atoms with van der Waals surface area (Å²) >= 11 is 0. The normalized spacial score (nSPS) is 18.2. The van der Waals surface area contributed by atoms with E-state index in [4.69, 9.17) is 9.72 Å². The van der Waals surface area contributed by atoms with Crippen molar-refractivity contribution in [2.45, 2.75) is 112 Å². The topological polar surface area (TPSA) is 27.1 Å². The number of nitrogens with zero attached hydrogens (tertiary/aromatic N) is 4. The Hall–Kier alpha value is -6.01. The highest BCUT2D eigenvalue weighted by atomic mass is 16.5. The summed E-state index contributed by atoms with van der Waals surface area (Å²) in [6, 6.07) is 49.7. The van der Waals surface area contributed by atoms with Gasteiger partial charge in [-0.3, -0.25) is 4.57 Å². The molecule has 0 radical (unpaired) electrons. The number of benzene rings is 6. The van der Waals surface area contributed by atoms with Crippen molar-refractivity contribution in [2.75, 3.05) is 0 Å². The average Bonchev–Trinajstić information content (AvgIpc) is 3.76. The minimum Gasteiger partial charge on any atom is -0.457 e. The van der Waals surface area contributed by atoms with Gasteiger partial charge in [0.2, 0.25) is 11.4 Å². The number of quaternary nitrogens is 2. The Morgan fingerprint density at radius 3 is 1.84 bits per heavy atom. The highest BCUT2D eigenvalue weighted by Crippen LogP contribution is 2.75. The largest absolute Gasteiger partial charge is 0.457 e. The quantitative estimate of drug-likeness (QED) is 0.0822. The molecule has 64 heavy (non-hydrogen) atoms. The van der Waals surface area contributed by atoms with Crippen molar-refractivity contribution >= 4 is 44.6 Å². The van der Waals surface area contributed by atoms with E-state index in [1.54, 1.807) is 0 Å². The van der Waals surface area contributed by atoms with Crippen LogP contribution >= 0.6 is 0 Å². The van der Waals surface area contributed by atoms with E-state index in [2.05, 4.69) is 228 Å². The van der Waals surface area contributed by atoms with E-state index in [-0.39, 0.29) is 10.8 Å². The number of pyridine rings is 1. The van der Waals surface area contributed by atoms with Crippen LogP contribution in [0, 0.1) is 6.67 Å². The van der Waals surface area contributed by atoms with Crippen LogP contribution < -0.4 is 13.9 Å². The third kappa shape index (κ3) is 6.45. The fourth-order valence-corrected chi connectivity index (χ4v) is 10.3. The third-order valence-corrected chi connectivity index (χ3v) is 13.9. The van der Waals surface area contributed by atoms with Gasteiger partial charge in [0.1, 0.15) is 17.3 Å². The van der Waals surface area contributed by atoms with Crippen molar-refractivity contribution < 1.29 is 4.74 Å². The van der Waals surface area contributed by atoms with Crippen LogP contribution in [-0.4, -0.2) is 9.55 Å². The molecule has 2 atom stereocenters. The molecule has 0 amide bonds. The van der Waals surface area contributed by atoms with Crippen LogP contribution in [0.1, 0.15) is 129 Å². The fourth-order valence-electron chi connectivity index (χ4n) is 10.3. The first kappa shape index (κ1) is 42.0. The number of rotatable bonds is 9. The standard InChI is InChI=1S/C59H63N4O/c1-37(2)41-30-50(38(3)4)57(51(31-41)39(5)6)40-17-15-18-44(29-40)62-36-63(62,55-32-42(58(7,8)9)23-26-54(55)62)45-19-16-20-46(34-45)64-47-24-25-49-48-21-13-14-22-52(48)61(53(49)35-47)56-33-43(27-28-60-56)59(10,11)12/h13-39H,1-12H3/q+1/t62-,63?/m0/s1. The lowest BCUT2D eigenvalue weighted by Gasteiger charge is -2.41. The summed E-state index contributed by atoms with van der Waals surface area (Å²) in [4.78, 5) is 4.91. The summed E-state index contributed by atoms with van der Waals surface area (Å²) in [5.41, 5.74) is 16.8. The average molecular weight is 844 g/mol. The SMILES string of the molecule is CC(C)c1cc(C(C)C)c(-c2cccc([N@+]34[CH-][N+]3(c3cccc(Oc5ccc6c7ccccc7n(-c7cc(C(C)(C)C)ccn7)c6c5)c3)c3cc(C(C)(C)C)ccc34)c2)c(C(C)C)c1. The Labute approximate surface area is 380 Å². The van der Waals surface area contributed by atoms with E-state index >= 15 is 0 Å². The molecule has 10 rings (SSSR count). The van der Waals surface area contributed by atoms with Gasteiger partial charge in [0.05, 0.1) is 11.0 Å². The van der Waals surface area contributed by atoms with Gasteiger partial charge in [0.15, 0.2) is 18.0 Å². The number of hydrogen-bond acceptors (Lipinski definition) is 2. The molecule has 5 heteroatoms. The molecular weight excluding hydrogens is 781 g/mol. The summed E-state index contributed by atoms with van der Waals surface area (Å²) < 4.78 is 10.4. The minimum atomic E-state index is -0.00465. The highest BCUT2D eigenvalue weighted by Gasteiger charge is 2.78. The van der Waals surface area contributed by atoms with Crippen molar-refractivity contribution in [1.29, 1.82) is 0 Å². The highest BCUT2D eigenvalue weighted by molar-refractivity contribution is 6.09. The van der Waals surface area contributed by atoms with Crippen LogP contribution in [0.5, 0.6) is 11.5 Å². The Morgan fingerprint density at radius 1 is 0.531 bits per heavy atom. The maximum Gasteiger partial charge on any atom is 0.225 e. The Morgan fingerprint density at radius 2 is 1.16 bits per heavy atom. The molecule has 0 bridgehead atoms. The third-order valence-electron chi connectivity index (χ3n) is 13.9. The van der Waals surface area contributed by atoms with Gasteiger partial charge in [-0.2, -0.15) is 9.18 Å². The van der Waals surface area contributed by atoms with Crippen molar-refractivity contribution in [2.24, 2.45) is 0 Å². The molecule has 0 N–H and O–H groups in total. The maximum atomic E-state index is 6.89. The Bertz CT molecular complexity index is 3110. The second kappa shape index (κ2) is 14.8. The smallest absolute Gasteiger partial charge is 0.225 e. The first-order valence-electron chi connectivity index (χ1n) is 23.3. The zero-order chi connectivity index (χ0) is 45.1. The number of aromatic nitrogens is 2. The van der Waals surface area contributed by atoms with Gasteiger partial charge >= 0.3 is 0 Å². The van der Waals surface area contributed by atoms with E-state index in [1.807, 2.05) is 6.20 Å². The molecule has 4 heterocycles. The first-order valence-corrected chi connectivity index (χ1v) is 23.3. The van der Waals surface area contributed by atoms with Crippen molar-refractivity contribution in [3.05, 3.63) is 174 Å². The van der Waals surface area contributed by atoms with E-state index in [9.17, 15) is 0 Å². The minimum absolute atomic E-state index is 0.00465. The molecular formula is C59H63N4O+. The van der Waals surface area contributed by atoms with Crippen molar-refractivity contribution in [3.63, 3.8) is 0 Å². The fraction of sp³-hybridized carbons (Fsp3) is 0.288. The van der Waals surface area contributed by atoms with Gasteiger partial charge in [-0.05, 0) is 104 Å². The second-order valence-corrected chi connectivity index (χ2v) is 21.3. The summed E-state index contributed by atoms with van der Waals surface area (Å²) in [6.45, 7) is 30.1. The van der Waals surface area contributed by atoms with E-state index in [1.165, 1.54) is 72.5 Å². The molecule has 0 saturated carbocycles. The van der Waals surface area contributed by atoms with Gasteiger partial charge in [-0.15, -0.1) is 0 Å². The lowest BCUT2D eigenvalue weighted by atomic mass is 9.81. The van der Waals surface area contributed by atoms with E-state index in [0.717, 1.165) is 28.4 Å². The van der Waals surface area contributed by atoms with Gasteiger partial charge in [-0.25, -0.2) is 4.98 Å². The van der Waals surface area contributed by atoms with Crippen molar-refractivity contribution in [3.8, 4) is 28.4 Å². The maximum absolute atomic E-state index is 6.89. The molecule has 6 aromatic carbocycles. The molecule has 1 saturated heterocycles. The molecule has 2 aromatic heterocycles. The predicted molar refractivity (Wildman–Crippen MR) is 270 cm³/mol. The van der Waals surface area contributed by atoms with Crippen LogP contribution in [0.3, 0.4) is 0 Å². The number of ether oxygens (including phenoxy) is 1. The van der Waals surface area contributed by atoms with Crippen molar-refractivity contribution in [1.82, 2.24) is 18.7 Å². The molecule has 2 aliphatic heterocycles. The van der Waals surface area contributed by atoms with Gasteiger partial charge in [0.25, 0.3) is 0 Å². The number of fused-ring (bicyclic) bond motifs is 7. The molecule has 0 spiro atoms. The summed E-state index contributed by atoms with van der Waals surface area (Å²) in [5, 5.41) is 2.37. The second-order valence-electron chi connectivity index (χ2n) is 21.3. The monoisotopic (exact) mass is 843 g/mol. The van der Waals surface area contributed by atoms with Crippen LogP contribution in [0.15, 0.2) is 140 Å². The first-order chi connectivity index (χ1) is 30.4. The molecule has 1 fully saturated rings. The van der Waals surface area contributed by atoms with Crippen LogP contribution in [0.4, 0.5) is 22.7 Å². The van der Waals surface area contributed by atoms with Crippen LogP contribution in [0.2, 0.25) is 0 Å². The predicted octanol–water partition coefficient (Wildman–Crippen LogP) is 16.9. The molecule has 8 aromatic rings. The lowest BCUT2D eigenvalue weighted by molar-refractivity contribution is 0.422. The zero-order valence-electron chi connectivity index (χ0n) is 39.8. The molecule has 1 unspecified atom stereocenters. The lowest BCUT2D eigenvalue weighted by Crippen LogP contribution is -2.46. The molecule has 2 aliphatic rings. The Kier molecular flexibility index (Phi) is 9.68. The van der Waals surface area contributed by atoms with Gasteiger partial charge in [-0.1, -0.05) is 138 Å². The van der Waals surface area contributed by atoms with Crippen LogP contribution in [0.25, 0.3) is 38.8 Å². The summed E-state index contributed by atoms with van der Waals surface area (Å²) in [7, 11) is 0.